The third-order valence-corrected chi connectivity index (χ3v) is 2.18. The predicted octanol–water partition coefficient (Wildman–Crippen LogP) is 2.17. The van der Waals surface area contributed by atoms with Gasteiger partial charge in [-0.15, -0.1) is 0 Å². The van der Waals surface area contributed by atoms with Crippen LogP contribution in [0.2, 0.25) is 0 Å². The van der Waals surface area contributed by atoms with Crippen molar-refractivity contribution in [3.63, 3.8) is 0 Å². The Bertz CT molecular complexity index is 332. The number of ether oxygens (including phenoxy) is 1. The molecule has 16 heavy (non-hydrogen) atoms. The third-order valence-electron chi connectivity index (χ3n) is 2.18. The highest BCUT2D eigenvalue weighted by atomic mass is 16.5. The molecule has 0 aromatic heterocycles. The molecule has 3 nitrogen and oxygen atoms in total. The molecule has 0 saturated carbocycles. The standard InChI is InChI=1S/C13H16O3/c1-2-12(9-6-10-14)16-13(15)11-7-4-3-5-8-11/h2-5,7-8,12,14H,1,6,9-10H2/t12-/m1/s1. The van der Waals surface area contributed by atoms with Crippen LogP contribution in [-0.4, -0.2) is 23.8 Å². The average Bonchev–Trinajstić information content (AvgIpc) is 2.35. The van der Waals surface area contributed by atoms with E-state index in [-0.39, 0.29) is 18.7 Å². The zero-order chi connectivity index (χ0) is 11.8. The molecule has 0 spiro atoms. The first-order valence-corrected chi connectivity index (χ1v) is 5.27. The Morgan fingerprint density at radius 1 is 1.44 bits per heavy atom. The Labute approximate surface area is 95.4 Å². The molecule has 0 bridgehead atoms. The molecule has 1 aromatic carbocycles. The van der Waals surface area contributed by atoms with Crippen molar-refractivity contribution in [3.8, 4) is 0 Å². The van der Waals surface area contributed by atoms with Crippen LogP contribution < -0.4 is 0 Å². The Kier molecular flexibility index (Phi) is 5.29. The van der Waals surface area contributed by atoms with E-state index in [9.17, 15) is 4.79 Å². The first kappa shape index (κ1) is 12.5. The summed E-state index contributed by atoms with van der Waals surface area (Å²) in [6, 6.07) is 8.82. The zero-order valence-electron chi connectivity index (χ0n) is 9.13. The normalized spacial score (nSPS) is 11.8. The van der Waals surface area contributed by atoms with Gasteiger partial charge in [0, 0.05) is 6.61 Å². The molecule has 0 unspecified atom stereocenters. The van der Waals surface area contributed by atoms with Gasteiger partial charge in [0.25, 0.3) is 0 Å². The number of carbonyl (C=O) groups excluding carboxylic acids is 1. The van der Waals surface area contributed by atoms with Gasteiger partial charge >= 0.3 is 5.97 Å². The Hall–Kier alpha value is -1.61. The molecule has 0 amide bonds. The highest BCUT2D eigenvalue weighted by Crippen LogP contribution is 2.08. The van der Waals surface area contributed by atoms with E-state index in [0.717, 1.165) is 0 Å². The minimum absolute atomic E-state index is 0.0905. The van der Waals surface area contributed by atoms with Crippen LogP contribution in [0.4, 0.5) is 0 Å². The summed E-state index contributed by atoms with van der Waals surface area (Å²) in [6.45, 7) is 3.69. The van der Waals surface area contributed by atoms with Crippen molar-refractivity contribution in [2.75, 3.05) is 6.61 Å². The molecule has 1 N–H and O–H groups in total. The van der Waals surface area contributed by atoms with E-state index in [4.69, 9.17) is 9.84 Å². The van der Waals surface area contributed by atoms with Crippen molar-refractivity contribution in [2.24, 2.45) is 0 Å². The fourth-order valence-corrected chi connectivity index (χ4v) is 1.30. The summed E-state index contributed by atoms with van der Waals surface area (Å²) in [7, 11) is 0. The molecule has 3 heteroatoms. The van der Waals surface area contributed by atoms with E-state index in [1.54, 1.807) is 30.3 Å². The first-order valence-electron chi connectivity index (χ1n) is 5.27. The lowest BCUT2D eigenvalue weighted by Crippen LogP contribution is -2.16. The Balaban J connectivity index is 2.52. The first-order chi connectivity index (χ1) is 7.77. The van der Waals surface area contributed by atoms with Crippen LogP contribution >= 0.6 is 0 Å². The highest BCUT2D eigenvalue weighted by Gasteiger charge is 2.12. The van der Waals surface area contributed by atoms with Crippen molar-refractivity contribution in [1.82, 2.24) is 0 Å². The summed E-state index contributed by atoms with van der Waals surface area (Å²) in [4.78, 5) is 11.6. The molecule has 0 radical (unpaired) electrons. The molecule has 0 heterocycles. The molecule has 1 aromatic rings. The van der Waals surface area contributed by atoms with Crippen molar-refractivity contribution in [1.29, 1.82) is 0 Å². The number of hydrogen-bond donors (Lipinski definition) is 1. The maximum absolute atomic E-state index is 11.6. The van der Waals surface area contributed by atoms with Gasteiger partial charge in [0.15, 0.2) is 0 Å². The SMILES string of the molecule is C=C[C@H](CCCO)OC(=O)c1ccccc1. The molecule has 1 rings (SSSR count). The minimum Gasteiger partial charge on any atom is -0.455 e. The number of carbonyl (C=O) groups is 1. The lowest BCUT2D eigenvalue weighted by atomic mass is 10.2. The van der Waals surface area contributed by atoms with Gasteiger partial charge in [0.2, 0.25) is 0 Å². The smallest absolute Gasteiger partial charge is 0.338 e. The van der Waals surface area contributed by atoms with Gasteiger partial charge in [-0.1, -0.05) is 30.9 Å². The summed E-state index contributed by atoms with van der Waals surface area (Å²) in [5.41, 5.74) is 0.526. The van der Waals surface area contributed by atoms with Gasteiger partial charge in [-0.05, 0) is 25.0 Å². The number of aliphatic hydroxyl groups is 1. The van der Waals surface area contributed by atoms with E-state index in [2.05, 4.69) is 6.58 Å². The fraction of sp³-hybridized carbons (Fsp3) is 0.308. The van der Waals surface area contributed by atoms with Gasteiger partial charge < -0.3 is 9.84 Å². The minimum atomic E-state index is -0.358. The summed E-state index contributed by atoms with van der Waals surface area (Å²) in [5, 5.41) is 8.69. The lowest BCUT2D eigenvalue weighted by Gasteiger charge is -2.13. The van der Waals surface area contributed by atoms with E-state index >= 15 is 0 Å². The quantitative estimate of drug-likeness (QED) is 0.590. The van der Waals surface area contributed by atoms with Crippen LogP contribution in [0.1, 0.15) is 23.2 Å². The van der Waals surface area contributed by atoms with E-state index in [0.29, 0.717) is 18.4 Å². The monoisotopic (exact) mass is 220 g/mol. The summed E-state index contributed by atoms with van der Waals surface area (Å²) in [5.74, 6) is -0.358. The van der Waals surface area contributed by atoms with Gasteiger partial charge in [-0.3, -0.25) is 0 Å². The van der Waals surface area contributed by atoms with Crippen molar-refractivity contribution < 1.29 is 14.6 Å². The van der Waals surface area contributed by atoms with Gasteiger partial charge in [0.05, 0.1) is 5.56 Å². The second-order valence-electron chi connectivity index (χ2n) is 3.41. The predicted molar refractivity (Wildman–Crippen MR) is 62.2 cm³/mol. The maximum Gasteiger partial charge on any atom is 0.338 e. The number of esters is 1. The van der Waals surface area contributed by atoms with Crippen LogP contribution in [0, 0.1) is 0 Å². The second kappa shape index (κ2) is 6.80. The van der Waals surface area contributed by atoms with Crippen LogP contribution in [0.3, 0.4) is 0 Å². The topological polar surface area (TPSA) is 46.5 Å². The van der Waals surface area contributed by atoms with E-state index in [1.807, 2.05) is 6.07 Å². The molecular formula is C13H16O3. The van der Waals surface area contributed by atoms with Crippen molar-refractivity contribution >= 4 is 5.97 Å². The van der Waals surface area contributed by atoms with Crippen LogP contribution in [0.25, 0.3) is 0 Å². The van der Waals surface area contributed by atoms with E-state index in [1.165, 1.54) is 0 Å². The highest BCUT2D eigenvalue weighted by molar-refractivity contribution is 5.89. The molecule has 0 saturated heterocycles. The van der Waals surface area contributed by atoms with Crippen molar-refractivity contribution in [3.05, 3.63) is 48.6 Å². The summed E-state index contributed by atoms with van der Waals surface area (Å²) in [6.07, 6.45) is 2.44. The van der Waals surface area contributed by atoms with Gasteiger partial charge in [-0.2, -0.15) is 0 Å². The number of hydrogen-bond acceptors (Lipinski definition) is 3. The molecule has 1 atom stereocenters. The van der Waals surface area contributed by atoms with Crippen LogP contribution in [-0.2, 0) is 4.74 Å². The molecule has 0 aliphatic heterocycles. The Morgan fingerprint density at radius 3 is 2.69 bits per heavy atom. The molecule has 0 aliphatic rings. The van der Waals surface area contributed by atoms with Gasteiger partial charge in [-0.25, -0.2) is 4.79 Å². The van der Waals surface area contributed by atoms with Crippen LogP contribution in [0.15, 0.2) is 43.0 Å². The van der Waals surface area contributed by atoms with Crippen LogP contribution in [0.5, 0.6) is 0 Å². The van der Waals surface area contributed by atoms with Gasteiger partial charge in [0.1, 0.15) is 6.10 Å². The summed E-state index contributed by atoms with van der Waals surface area (Å²) >= 11 is 0. The Morgan fingerprint density at radius 2 is 2.12 bits per heavy atom. The fourth-order valence-electron chi connectivity index (χ4n) is 1.30. The molecule has 0 fully saturated rings. The number of aliphatic hydroxyl groups excluding tert-OH is 1. The number of rotatable bonds is 6. The lowest BCUT2D eigenvalue weighted by molar-refractivity contribution is 0.0369. The average molecular weight is 220 g/mol. The summed E-state index contributed by atoms with van der Waals surface area (Å²) < 4.78 is 5.22. The zero-order valence-corrected chi connectivity index (χ0v) is 9.13. The third kappa shape index (κ3) is 3.87. The molecule has 86 valence electrons. The number of benzene rings is 1. The molecule has 0 aliphatic carbocycles. The van der Waals surface area contributed by atoms with Crippen molar-refractivity contribution in [2.45, 2.75) is 18.9 Å². The maximum atomic E-state index is 11.6. The molecular weight excluding hydrogens is 204 g/mol. The largest absolute Gasteiger partial charge is 0.455 e. The second-order valence-corrected chi connectivity index (χ2v) is 3.41. The van der Waals surface area contributed by atoms with E-state index < -0.39 is 0 Å².